The third-order valence-electron chi connectivity index (χ3n) is 3.94. The summed E-state index contributed by atoms with van der Waals surface area (Å²) in [5.41, 5.74) is 5.42. The van der Waals surface area contributed by atoms with Crippen LogP contribution in [0.1, 0.15) is 0 Å². The zero-order valence-corrected chi connectivity index (χ0v) is 10.5. The molecule has 5 rings (SSSR count). The maximum Gasteiger partial charge on any atom is 0.163 e. The summed E-state index contributed by atoms with van der Waals surface area (Å²) in [7, 11) is 0. The molecule has 0 spiro atoms. The van der Waals surface area contributed by atoms with Gasteiger partial charge in [0.25, 0.3) is 0 Å². The molecular weight excluding hydrogens is 246 g/mol. The Labute approximate surface area is 115 Å². The van der Waals surface area contributed by atoms with Gasteiger partial charge in [0.1, 0.15) is 6.33 Å². The van der Waals surface area contributed by atoms with Gasteiger partial charge in [-0.15, -0.1) is 0 Å². The number of rotatable bonds is 0. The highest BCUT2D eigenvalue weighted by Gasteiger charge is 2.22. The van der Waals surface area contributed by atoms with Gasteiger partial charge < -0.3 is 0 Å². The maximum absolute atomic E-state index is 4.74. The predicted octanol–water partition coefficient (Wildman–Crippen LogP) is 3.83. The number of hydrogen-bond acceptors (Lipinski definition) is 3. The van der Waals surface area contributed by atoms with Crippen LogP contribution in [-0.4, -0.2) is 15.0 Å². The summed E-state index contributed by atoms with van der Waals surface area (Å²) < 4.78 is 0. The largest absolute Gasteiger partial charge is 0.244 e. The van der Waals surface area contributed by atoms with Crippen molar-refractivity contribution in [3.05, 3.63) is 55.0 Å². The van der Waals surface area contributed by atoms with Crippen LogP contribution in [-0.2, 0) is 0 Å². The van der Waals surface area contributed by atoms with Crippen LogP contribution >= 0.6 is 0 Å². The summed E-state index contributed by atoms with van der Waals surface area (Å²) in [5.74, 6) is 0. The van der Waals surface area contributed by atoms with Gasteiger partial charge in [0, 0.05) is 22.7 Å². The molecule has 0 saturated heterocycles. The summed E-state index contributed by atoms with van der Waals surface area (Å²) in [6, 6.07) is 14.9. The molecule has 0 bridgehead atoms. The van der Waals surface area contributed by atoms with Gasteiger partial charge >= 0.3 is 0 Å². The van der Waals surface area contributed by atoms with Crippen LogP contribution in [0.15, 0.2) is 55.0 Å². The first-order valence-electron chi connectivity index (χ1n) is 6.55. The molecule has 3 nitrogen and oxygen atoms in total. The fourth-order valence-corrected chi connectivity index (χ4v) is 3.09. The molecule has 1 aliphatic carbocycles. The van der Waals surface area contributed by atoms with Crippen molar-refractivity contribution < 1.29 is 0 Å². The van der Waals surface area contributed by atoms with E-state index in [1.807, 2.05) is 6.20 Å². The topological polar surface area (TPSA) is 38.7 Å². The van der Waals surface area contributed by atoms with Gasteiger partial charge in [-0.3, -0.25) is 0 Å². The molecule has 0 radical (unpaired) electrons. The van der Waals surface area contributed by atoms with Crippen molar-refractivity contribution in [2.45, 2.75) is 0 Å². The van der Waals surface area contributed by atoms with E-state index in [9.17, 15) is 0 Å². The number of pyridine rings is 1. The van der Waals surface area contributed by atoms with E-state index in [-0.39, 0.29) is 0 Å². The van der Waals surface area contributed by atoms with Gasteiger partial charge in [-0.1, -0.05) is 36.4 Å². The molecule has 0 unspecified atom stereocenters. The number of fused-ring (bicyclic) bond motifs is 4. The van der Waals surface area contributed by atoms with E-state index in [4.69, 9.17) is 4.98 Å². The van der Waals surface area contributed by atoms with Gasteiger partial charge in [-0.2, -0.15) is 0 Å². The monoisotopic (exact) mass is 255 g/mol. The molecule has 0 aliphatic heterocycles. The average Bonchev–Trinajstić information content (AvgIpc) is 2.82. The lowest BCUT2D eigenvalue weighted by atomic mass is 10.0. The Morgan fingerprint density at radius 1 is 0.800 bits per heavy atom. The van der Waals surface area contributed by atoms with Crippen molar-refractivity contribution in [1.82, 2.24) is 15.0 Å². The van der Waals surface area contributed by atoms with Crippen molar-refractivity contribution in [2.75, 3.05) is 0 Å². The van der Waals surface area contributed by atoms with Crippen LogP contribution in [0.5, 0.6) is 0 Å². The lowest BCUT2D eigenvalue weighted by Crippen LogP contribution is -1.89. The number of hydrogen-bond donors (Lipinski definition) is 0. The molecule has 1 aliphatic rings. The SMILES string of the molecule is c1cc2c3c(cccc3c1)-c1nc3ncncc3cc1-2. The predicted molar refractivity (Wildman–Crippen MR) is 79.3 cm³/mol. The Morgan fingerprint density at radius 3 is 2.55 bits per heavy atom. The van der Waals surface area contributed by atoms with E-state index in [1.165, 1.54) is 27.5 Å². The quantitative estimate of drug-likeness (QED) is 0.422. The lowest BCUT2D eigenvalue weighted by Gasteiger charge is -2.02. The molecule has 20 heavy (non-hydrogen) atoms. The molecule has 0 N–H and O–H groups in total. The van der Waals surface area contributed by atoms with Gasteiger partial charge in [0.05, 0.1) is 5.69 Å². The number of benzene rings is 2. The van der Waals surface area contributed by atoms with Gasteiger partial charge in [0.15, 0.2) is 5.65 Å². The molecule has 0 amide bonds. The molecule has 2 aromatic carbocycles. The summed E-state index contributed by atoms with van der Waals surface area (Å²) in [5, 5.41) is 3.53. The average molecular weight is 255 g/mol. The van der Waals surface area contributed by atoms with E-state index in [0.29, 0.717) is 0 Å². The second-order valence-electron chi connectivity index (χ2n) is 5.03. The Bertz CT molecular complexity index is 928. The molecule has 4 aromatic rings. The summed E-state index contributed by atoms with van der Waals surface area (Å²) in [4.78, 5) is 13.1. The normalized spacial score (nSPS) is 12.0. The van der Waals surface area contributed by atoms with E-state index >= 15 is 0 Å². The van der Waals surface area contributed by atoms with Crippen molar-refractivity contribution in [2.24, 2.45) is 0 Å². The minimum Gasteiger partial charge on any atom is -0.244 e. The van der Waals surface area contributed by atoms with E-state index < -0.39 is 0 Å². The second-order valence-corrected chi connectivity index (χ2v) is 5.03. The summed E-state index contributed by atoms with van der Waals surface area (Å²) in [6.07, 6.45) is 3.36. The summed E-state index contributed by atoms with van der Waals surface area (Å²) in [6.45, 7) is 0. The summed E-state index contributed by atoms with van der Waals surface area (Å²) >= 11 is 0. The zero-order valence-electron chi connectivity index (χ0n) is 10.5. The molecule has 2 aromatic heterocycles. The van der Waals surface area contributed by atoms with Gasteiger partial charge in [0.2, 0.25) is 0 Å². The van der Waals surface area contributed by atoms with Crippen molar-refractivity contribution in [3.8, 4) is 22.4 Å². The highest BCUT2D eigenvalue weighted by molar-refractivity contribution is 6.15. The van der Waals surface area contributed by atoms with Crippen molar-refractivity contribution in [3.63, 3.8) is 0 Å². The first-order valence-corrected chi connectivity index (χ1v) is 6.55. The smallest absolute Gasteiger partial charge is 0.163 e. The molecule has 0 saturated carbocycles. The minimum atomic E-state index is 0.753. The zero-order chi connectivity index (χ0) is 13.1. The van der Waals surface area contributed by atoms with Crippen LogP contribution in [0.4, 0.5) is 0 Å². The maximum atomic E-state index is 4.74. The van der Waals surface area contributed by atoms with Gasteiger partial charge in [-0.25, -0.2) is 15.0 Å². The van der Waals surface area contributed by atoms with E-state index in [0.717, 1.165) is 16.7 Å². The molecular formula is C17H9N3. The number of nitrogens with zero attached hydrogens (tertiary/aromatic N) is 3. The van der Waals surface area contributed by atoms with E-state index in [2.05, 4.69) is 52.4 Å². The first kappa shape index (κ1) is 10.0. The number of aromatic nitrogens is 3. The minimum absolute atomic E-state index is 0.753. The fraction of sp³-hybridized carbons (Fsp3) is 0. The standard InChI is InChI=1S/C17H9N3/c1-3-10-4-2-6-13-15(10)12(5-1)14-7-11-8-18-9-19-17(11)20-16(13)14/h1-9H. The Hall–Kier alpha value is -2.81. The van der Waals surface area contributed by atoms with Crippen molar-refractivity contribution >= 4 is 21.8 Å². The second kappa shape index (κ2) is 3.39. The Balaban J connectivity index is 2.02. The fourth-order valence-electron chi connectivity index (χ4n) is 3.09. The van der Waals surface area contributed by atoms with Crippen LogP contribution in [0, 0.1) is 0 Å². The lowest BCUT2D eigenvalue weighted by molar-refractivity contribution is 1.18. The van der Waals surface area contributed by atoms with Crippen LogP contribution < -0.4 is 0 Å². The Morgan fingerprint density at radius 2 is 1.65 bits per heavy atom. The highest BCUT2D eigenvalue weighted by atomic mass is 14.9. The third kappa shape index (κ3) is 1.12. The molecule has 3 heteroatoms. The molecule has 0 fully saturated rings. The third-order valence-corrected chi connectivity index (χ3v) is 3.94. The first-order chi connectivity index (χ1) is 9.92. The van der Waals surface area contributed by atoms with Crippen LogP contribution in [0.25, 0.3) is 44.2 Å². The van der Waals surface area contributed by atoms with Crippen molar-refractivity contribution in [1.29, 1.82) is 0 Å². The molecule has 92 valence electrons. The Kier molecular flexibility index (Phi) is 1.70. The van der Waals surface area contributed by atoms with Gasteiger partial charge in [-0.05, 0) is 22.4 Å². The van der Waals surface area contributed by atoms with Crippen LogP contribution in [0.2, 0.25) is 0 Å². The highest BCUT2D eigenvalue weighted by Crippen LogP contribution is 2.46. The molecule has 0 atom stereocenters. The van der Waals surface area contributed by atoms with Crippen LogP contribution in [0.3, 0.4) is 0 Å². The van der Waals surface area contributed by atoms with E-state index in [1.54, 1.807) is 6.33 Å². The molecule has 2 heterocycles.